The number of nitrogens with zero attached hydrogens (tertiary/aromatic N) is 1. The molecule has 21 heavy (non-hydrogen) atoms. The normalized spacial score (nSPS) is 14.9. The van der Waals surface area contributed by atoms with E-state index in [4.69, 9.17) is 0 Å². The average Bonchev–Trinajstić information content (AvgIpc) is 3.21. The molecule has 116 valence electrons. The fourth-order valence-corrected chi connectivity index (χ4v) is 2.30. The van der Waals surface area contributed by atoms with E-state index >= 15 is 0 Å². The number of rotatable bonds is 5. The Balaban J connectivity index is 2.19. The zero-order chi connectivity index (χ0) is 15.6. The molecule has 2 rings (SSSR count). The first-order chi connectivity index (χ1) is 9.81. The molecule has 1 aromatic rings. The van der Waals surface area contributed by atoms with Gasteiger partial charge in [0.15, 0.2) is 0 Å². The predicted molar refractivity (Wildman–Crippen MR) is 75.5 cm³/mol. The first-order valence-electron chi connectivity index (χ1n) is 7.04. The van der Waals surface area contributed by atoms with Crippen molar-refractivity contribution in [3.05, 3.63) is 29.3 Å². The van der Waals surface area contributed by atoms with Gasteiger partial charge in [-0.3, -0.25) is 4.79 Å². The third kappa shape index (κ3) is 4.12. The Labute approximate surface area is 122 Å². The highest BCUT2D eigenvalue weighted by Gasteiger charge is 2.40. The molecule has 1 aliphatic carbocycles. The van der Waals surface area contributed by atoms with Crippen LogP contribution in [0.25, 0.3) is 0 Å². The van der Waals surface area contributed by atoms with E-state index in [2.05, 4.69) is 5.32 Å². The molecule has 0 unspecified atom stereocenters. The maximum atomic E-state index is 12.6. The molecule has 3 nitrogen and oxygen atoms in total. The largest absolute Gasteiger partial charge is 0.406 e. The molecule has 1 aliphatic rings. The lowest BCUT2D eigenvalue weighted by Gasteiger charge is -2.24. The van der Waals surface area contributed by atoms with Crippen molar-refractivity contribution in [3.8, 4) is 0 Å². The van der Waals surface area contributed by atoms with Crippen LogP contribution in [-0.2, 0) is 0 Å². The zero-order valence-electron chi connectivity index (χ0n) is 12.1. The number of aryl methyl sites for hydroxylation is 1. The van der Waals surface area contributed by atoms with Crippen molar-refractivity contribution in [2.75, 3.05) is 18.4 Å². The monoisotopic (exact) mass is 300 g/mol. The number of hydrogen-bond acceptors (Lipinski definition) is 2. The molecule has 0 heterocycles. The summed E-state index contributed by atoms with van der Waals surface area (Å²) in [5.74, 6) is -0.541. The molecule has 1 fully saturated rings. The number of benzene rings is 1. The van der Waals surface area contributed by atoms with E-state index in [0.717, 1.165) is 22.7 Å². The summed E-state index contributed by atoms with van der Waals surface area (Å²) in [5.41, 5.74) is 2.05. The highest BCUT2D eigenvalue weighted by molar-refractivity contribution is 5.95. The summed E-state index contributed by atoms with van der Waals surface area (Å²) in [6.07, 6.45) is -3.07. The molecule has 0 atom stereocenters. The van der Waals surface area contributed by atoms with E-state index in [1.807, 2.05) is 13.8 Å². The van der Waals surface area contributed by atoms with Gasteiger partial charge < -0.3 is 10.2 Å². The lowest BCUT2D eigenvalue weighted by molar-refractivity contribution is -0.141. The summed E-state index contributed by atoms with van der Waals surface area (Å²) >= 11 is 0. The molecule has 1 aromatic carbocycles. The Hall–Kier alpha value is -1.72. The van der Waals surface area contributed by atoms with Gasteiger partial charge in [0.05, 0.1) is 0 Å². The van der Waals surface area contributed by atoms with Gasteiger partial charge in [0.25, 0.3) is 5.91 Å². The van der Waals surface area contributed by atoms with Crippen molar-refractivity contribution in [2.45, 2.75) is 38.9 Å². The minimum absolute atomic E-state index is 0.270. The van der Waals surface area contributed by atoms with E-state index in [9.17, 15) is 18.0 Å². The summed E-state index contributed by atoms with van der Waals surface area (Å²) in [5, 5.41) is 3.14. The van der Waals surface area contributed by atoms with Crippen molar-refractivity contribution in [1.29, 1.82) is 0 Å². The van der Waals surface area contributed by atoms with Crippen molar-refractivity contribution in [2.24, 2.45) is 0 Å². The molecule has 0 aromatic heterocycles. The standard InChI is InChI=1S/C15H19F3N2O/c1-3-19-13-7-4-11(8-10(13)2)14(21)20(12-5-6-12)9-15(16,17)18/h4,7-8,12,19H,3,5-6,9H2,1-2H3. The second-order valence-electron chi connectivity index (χ2n) is 5.34. The lowest BCUT2D eigenvalue weighted by atomic mass is 10.1. The van der Waals surface area contributed by atoms with Gasteiger partial charge in [0, 0.05) is 23.8 Å². The number of hydrogen-bond donors (Lipinski definition) is 1. The number of amides is 1. The SMILES string of the molecule is CCNc1ccc(C(=O)N(CC(F)(F)F)C2CC2)cc1C. The molecule has 1 amide bonds. The third-order valence-electron chi connectivity index (χ3n) is 3.44. The Bertz CT molecular complexity index is 524. The highest BCUT2D eigenvalue weighted by atomic mass is 19.4. The van der Waals surface area contributed by atoms with Gasteiger partial charge in [-0.15, -0.1) is 0 Å². The van der Waals surface area contributed by atoms with Crippen molar-refractivity contribution >= 4 is 11.6 Å². The van der Waals surface area contributed by atoms with E-state index in [0.29, 0.717) is 18.4 Å². The van der Waals surface area contributed by atoms with Gasteiger partial charge in [-0.25, -0.2) is 0 Å². The van der Waals surface area contributed by atoms with Crippen LogP contribution in [0, 0.1) is 6.92 Å². The molecule has 0 saturated heterocycles. The van der Waals surface area contributed by atoms with Gasteiger partial charge in [-0.2, -0.15) is 13.2 Å². The van der Waals surface area contributed by atoms with Crippen LogP contribution in [0.15, 0.2) is 18.2 Å². The third-order valence-corrected chi connectivity index (χ3v) is 3.44. The minimum Gasteiger partial charge on any atom is -0.385 e. The number of nitrogens with one attached hydrogen (secondary N) is 1. The molecular weight excluding hydrogens is 281 g/mol. The van der Waals surface area contributed by atoms with Crippen LogP contribution >= 0.6 is 0 Å². The summed E-state index contributed by atoms with van der Waals surface area (Å²) in [6, 6.07) is 4.70. The van der Waals surface area contributed by atoms with Crippen LogP contribution in [0.3, 0.4) is 0 Å². The smallest absolute Gasteiger partial charge is 0.385 e. The molecule has 6 heteroatoms. The maximum Gasteiger partial charge on any atom is 0.406 e. The van der Waals surface area contributed by atoms with Gasteiger partial charge in [-0.1, -0.05) is 0 Å². The van der Waals surface area contributed by atoms with Crippen LogP contribution in [0.2, 0.25) is 0 Å². The Morgan fingerprint density at radius 2 is 2.05 bits per heavy atom. The molecule has 0 spiro atoms. The molecule has 1 saturated carbocycles. The van der Waals surface area contributed by atoms with Crippen LogP contribution in [0.4, 0.5) is 18.9 Å². The van der Waals surface area contributed by atoms with Crippen LogP contribution in [0.1, 0.15) is 35.7 Å². The second kappa shape index (κ2) is 5.95. The fraction of sp³-hybridized carbons (Fsp3) is 0.533. The average molecular weight is 300 g/mol. The van der Waals surface area contributed by atoms with E-state index < -0.39 is 18.6 Å². The summed E-state index contributed by atoms with van der Waals surface area (Å²) < 4.78 is 37.8. The Morgan fingerprint density at radius 1 is 1.38 bits per heavy atom. The summed E-state index contributed by atoms with van der Waals surface area (Å²) in [6.45, 7) is 3.36. The molecule has 0 bridgehead atoms. The van der Waals surface area contributed by atoms with Gasteiger partial charge in [0.1, 0.15) is 6.54 Å². The quantitative estimate of drug-likeness (QED) is 0.901. The van der Waals surface area contributed by atoms with Crippen LogP contribution < -0.4 is 5.32 Å². The summed E-state index contributed by atoms with van der Waals surface area (Å²) in [4.78, 5) is 13.3. The maximum absolute atomic E-state index is 12.6. The van der Waals surface area contributed by atoms with Crippen molar-refractivity contribution < 1.29 is 18.0 Å². The lowest BCUT2D eigenvalue weighted by Crippen LogP contribution is -2.40. The molecule has 0 aliphatic heterocycles. The first-order valence-corrected chi connectivity index (χ1v) is 7.04. The minimum atomic E-state index is -4.36. The predicted octanol–water partition coefficient (Wildman–Crippen LogP) is 3.59. The zero-order valence-corrected chi connectivity index (χ0v) is 12.1. The fourth-order valence-electron chi connectivity index (χ4n) is 2.30. The molecule has 1 N–H and O–H groups in total. The number of carbonyl (C=O) groups excluding carboxylic acids is 1. The highest BCUT2D eigenvalue weighted by Crippen LogP contribution is 2.31. The number of carbonyl (C=O) groups is 1. The van der Waals surface area contributed by atoms with Crippen molar-refractivity contribution in [3.63, 3.8) is 0 Å². The second-order valence-corrected chi connectivity index (χ2v) is 5.34. The van der Waals surface area contributed by atoms with Crippen LogP contribution in [0.5, 0.6) is 0 Å². The van der Waals surface area contributed by atoms with Gasteiger partial charge >= 0.3 is 6.18 Å². The molecule has 0 radical (unpaired) electrons. The van der Waals surface area contributed by atoms with E-state index in [1.54, 1.807) is 18.2 Å². The number of anilines is 1. The van der Waals surface area contributed by atoms with E-state index in [-0.39, 0.29) is 6.04 Å². The van der Waals surface area contributed by atoms with Gasteiger partial charge in [0.2, 0.25) is 0 Å². The van der Waals surface area contributed by atoms with E-state index in [1.165, 1.54) is 0 Å². The number of alkyl halides is 3. The number of halogens is 3. The van der Waals surface area contributed by atoms with Crippen molar-refractivity contribution in [1.82, 2.24) is 4.90 Å². The Morgan fingerprint density at radius 3 is 2.52 bits per heavy atom. The Kier molecular flexibility index (Phi) is 4.44. The van der Waals surface area contributed by atoms with Gasteiger partial charge in [-0.05, 0) is 50.5 Å². The molecular formula is C15H19F3N2O. The van der Waals surface area contributed by atoms with Crippen LogP contribution in [-0.4, -0.2) is 36.1 Å². The summed E-state index contributed by atoms with van der Waals surface area (Å²) in [7, 11) is 0. The topological polar surface area (TPSA) is 32.3 Å². The first kappa shape index (κ1) is 15.7.